The van der Waals surface area contributed by atoms with Crippen LogP contribution in [0.5, 0.6) is 0 Å². The second kappa shape index (κ2) is 12.0. The van der Waals surface area contributed by atoms with Crippen molar-refractivity contribution in [1.29, 1.82) is 0 Å². The van der Waals surface area contributed by atoms with Crippen LogP contribution in [0.25, 0.3) is 0 Å². The summed E-state index contributed by atoms with van der Waals surface area (Å²) in [6.07, 6.45) is 7.22. The fourth-order valence-corrected chi connectivity index (χ4v) is 10.4. The average molecular weight is 601 g/mol. The van der Waals surface area contributed by atoms with E-state index in [0.29, 0.717) is 24.2 Å². The molecule has 0 aromatic carbocycles. The molecule has 9 atom stereocenters. The largest absolute Gasteiger partial charge is 0.469 e. The Morgan fingerprint density at radius 2 is 1.63 bits per heavy atom. The third-order valence-electron chi connectivity index (χ3n) is 13.4. The van der Waals surface area contributed by atoms with Crippen molar-refractivity contribution in [3.63, 3.8) is 0 Å². The van der Waals surface area contributed by atoms with Crippen LogP contribution in [-0.2, 0) is 28.6 Å². The van der Waals surface area contributed by atoms with Gasteiger partial charge in [0.2, 0.25) is 0 Å². The van der Waals surface area contributed by atoms with E-state index in [0.717, 1.165) is 56.9 Å². The van der Waals surface area contributed by atoms with E-state index in [1.54, 1.807) is 5.57 Å². The normalized spacial score (nSPS) is 37.7. The molecule has 0 radical (unpaired) electrons. The second-order valence-corrected chi connectivity index (χ2v) is 15.5. The molecular weight excluding hydrogens is 544 g/mol. The molecule has 4 aliphatic rings. The van der Waals surface area contributed by atoms with Crippen LogP contribution in [0.3, 0.4) is 0 Å². The molecule has 7 nitrogen and oxygen atoms in total. The van der Waals surface area contributed by atoms with E-state index in [1.807, 2.05) is 6.92 Å². The van der Waals surface area contributed by atoms with Crippen LogP contribution in [-0.4, -0.2) is 49.4 Å². The Labute approximate surface area is 259 Å². The predicted molar refractivity (Wildman–Crippen MR) is 166 cm³/mol. The number of fused-ring (bicyclic) bond motifs is 4. The Balaban J connectivity index is 1.56. The van der Waals surface area contributed by atoms with Crippen LogP contribution in [0.1, 0.15) is 113 Å². The Bertz CT molecular complexity index is 1170. The van der Waals surface area contributed by atoms with Gasteiger partial charge in [-0.2, -0.15) is 0 Å². The van der Waals surface area contributed by atoms with Crippen LogP contribution in [0.15, 0.2) is 23.3 Å². The molecule has 0 saturated heterocycles. The number of aliphatic hydroxyl groups excluding tert-OH is 1. The van der Waals surface area contributed by atoms with Gasteiger partial charge in [-0.15, -0.1) is 0 Å². The number of allylic oxidation sites excluding steroid dienone is 1. The Hall–Kier alpha value is -2.15. The van der Waals surface area contributed by atoms with Gasteiger partial charge in [0.15, 0.2) is 0 Å². The lowest BCUT2D eigenvalue weighted by Crippen LogP contribution is -2.58. The van der Waals surface area contributed by atoms with Crippen molar-refractivity contribution in [2.75, 3.05) is 14.2 Å². The summed E-state index contributed by atoms with van der Waals surface area (Å²) in [6.45, 7) is 20.0. The highest BCUT2D eigenvalue weighted by atomic mass is 16.6. The van der Waals surface area contributed by atoms with E-state index in [1.165, 1.54) is 19.8 Å². The van der Waals surface area contributed by atoms with Gasteiger partial charge in [-0.1, -0.05) is 64.8 Å². The van der Waals surface area contributed by atoms with Gasteiger partial charge in [0.1, 0.15) is 12.5 Å². The van der Waals surface area contributed by atoms with E-state index in [9.17, 15) is 19.5 Å². The number of methoxy groups -OCH3 is 2. The monoisotopic (exact) mass is 600 g/mol. The van der Waals surface area contributed by atoms with E-state index >= 15 is 0 Å². The molecule has 4 rings (SSSR count). The minimum absolute atomic E-state index is 0.0703. The van der Waals surface area contributed by atoms with Gasteiger partial charge in [-0.05, 0) is 93.3 Å². The summed E-state index contributed by atoms with van der Waals surface area (Å²) in [7, 11) is 2.70. The minimum atomic E-state index is -0.576. The Morgan fingerprint density at radius 3 is 2.26 bits per heavy atom. The summed E-state index contributed by atoms with van der Waals surface area (Å²) < 4.78 is 15.5. The molecule has 1 N–H and O–H groups in total. The van der Waals surface area contributed by atoms with Crippen LogP contribution in [0.2, 0.25) is 0 Å². The van der Waals surface area contributed by atoms with E-state index in [2.05, 4.69) is 52.9 Å². The van der Waals surface area contributed by atoms with Crippen molar-refractivity contribution in [1.82, 2.24) is 0 Å². The highest BCUT2D eigenvalue weighted by Gasteiger charge is 2.66. The second-order valence-electron chi connectivity index (χ2n) is 15.5. The molecular formula is C36H56O7. The Morgan fingerprint density at radius 1 is 0.953 bits per heavy atom. The number of esters is 3. The molecule has 0 amide bonds. The molecule has 0 spiro atoms. The summed E-state index contributed by atoms with van der Waals surface area (Å²) >= 11 is 0. The molecule has 242 valence electrons. The first-order valence-electron chi connectivity index (χ1n) is 16.4. The van der Waals surface area contributed by atoms with Gasteiger partial charge in [0.25, 0.3) is 0 Å². The first-order chi connectivity index (χ1) is 20.0. The number of ether oxygens (including phenoxy) is 3. The molecule has 9 unspecified atom stereocenters. The van der Waals surface area contributed by atoms with Crippen molar-refractivity contribution in [2.24, 2.45) is 45.3 Å². The highest BCUT2D eigenvalue weighted by molar-refractivity contribution is 5.91. The lowest BCUT2D eigenvalue weighted by atomic mass is 9.42. The van der Waals surface area contributed by atoms with Gasteiger partial charge < -0.3 is 19.3 Å². The summed E-state index contributed by atoms with van der Waals surface area (Å²) in [6, 6.07) is 0. The molecule has 2 saturated carbocycles. The summed E-state index contributed by atoms with van der Waals surface area (Å²) in [4.78, 5) is 36.2. The first kappa shape index (κ1) is 33.7. The molecule has 0 heterocycles. The molecule has 0 aliphatic heterocycles. The maximum absolute atomic E-state index is 12.5. The van der Waals surface area contributed by atoms with Crippen molar-refractivity contribution in [3.05, 3.63) is 23.3 Å². The molecule has 4 aliphatic carbocycles. The van der Waals surface area contributed by atoms with Gasteiger partial charge >= 0.3 is 17.9 Å². The van der Waals surface area contributed by atoms with Gasteiger partial charge in [0, 0.05) is 10.8 Å². The van der Waals surface area contributed by atoms with E-state index in [4.69, 9.17) is 9.47 Å². The highest BCUT2D eigenvalue weighted by Crippen LogP contribution is 2.72. The number of hydrogen-bond acceptors (Lipinski definition) is 7. The minimum Gasteiger partial charge on any atom is -0.469 e. The number of carbonyl (C=O) groups excluding carboxylic acids is 3. The molecule has 7 heteroatoms. The third-order valence-corrected chi connectivity index (χ3v) is 13.4. The molecule has 43 heavy (non-hydrogen) atoms. The van der Waals surface area contributed by atoms with Crippen LogP contribution in [0, 0.1) is 45.3 Å². The van der Waals surface area contributed by atoms with Crippen molar-refractivity contribution >= 4 is 17.9 Å². The van der Waals surface area contributed by atoms with Crippen molar-refractivity contribution < 1.29 is 33.7 Å². The summed E-state index contributed by atoms with van der Waals surface area (Å²) in [5.41, 5.74) is 3.32. The van der Waals surface area contributed by atoms with E-state index in [-0.39, 0.29) is 46.1 Å². The Kier molecular flexibility index (Phi) is 9.40. The van der Waals surface area contributed by atoms with Crippen LogP contribution < -0.4 is 0 Å². The topological polar surface area (TPSA) is 99.1 Å². The zero-order valence-electron chi connectivity index (χ0n) is 28.1. The number of aliphatic hydroxyl groups is 1. The molecule has 0 aromatic rings. The maximum atomic E-state index is 12.5. The lowest BCUT2D eigenvalue weighted by molar-refractivity contribution is -0.173. The molecule has 0 bridgehead atoms. The van der Waals surface area contributed by atoms with Crippen molar-refractivity contribution in [3.8, 4) is 0 Å². The van der Waals surface area contributed by atoms with Gasteiger partial charge in [0.05, 0.1) is 26.2 Å². The summed E-state index contributed by atoms with van der Waals surface area (Å²) in [5, 5.41) is 12.1. The zero-order chi connectivity index (χ0) is 32.1. The van der Waals surface area contributed by atoms with Gasteiger partial charge in [-0.3, -0.25) is 14.4 Å². The smallest absolute Gasteiger partial charge is 0.317 e. The van der Waals surface area contributed by atoms with Gasteiger partial charge in [-0.25, -0.2) is 0 Å². The average Bonchev–Trinajstić information content (AvgIpc) is 3.25. The predicted octanol–water partition coefficient (Wildman–Crippen LogP) is 6.96. The third kappa shape index (κ3) is 5.40. The number of hydrogen-bond donors (Lipinski definition) is 1. The first-order valence-corrected chi connectivity index (χ1v) is 16.4. The quantitative estimate of drug-likeness (QED) is 0.132. The summed E-state index contributed by atoms with van der Waals surface area (Å²) in [5.74, 6) is -0.547. The van der Waals surface area contributed by atoms with Crippen LogP contribution >= 0.6 is 0 Å². The lowest BCUT2D eigenvalue weighted by Gasteiger charge is -2.63. The SMILES string of the molecule is C=C(CCC(C)C1CCC2(C)C3=C(CC(O)C12C)C1(C)CCC(OC(=O)CC(=O)OC)C(C)(C)C1CC3)C(C)C(=O)OC. The maximum Gasteiger partial charge on any atom is 0.317 e. The fourth-order valence-electron chi connectivity index (χ4n) is 10.4. The molecule has 2 fully saturated rings. The zero-order valence-corrected chi connectivity index (χ0v) is 28.1. The van der Waals surface area contributed by atoms with Crippen LogP contribution in [0.4, 0.5) is 0 Å². The van der Waals surface area contributed by atoms with Crippen molar-refractivity contribution in [2.45, 2.75) is 125 Å². The van der Waals surface area contributed by atoms with E-state index < -0.39 is 18.0 Å². The number of rotatable bonds is 9. The standard InChI is InChI=1S/C36H56O7/c1-21(23(3)32(40)42-10)11-12-22(2)24-15-18-35(7)25-13-14-27-33(4,5)29(43-31(39)20-30(38)41-9)16-17-34(27,6)26(25)19-28(37)36(24,35)8/h22-24,27-29,37H,1,11-20H2,2-10H3. The molecule has 0 aromatic heterocycles. The fraction of sp³-hybridized carbons (Fsp3) is 0.806. The number of carbonyl (C=O) groups is 3.